The molecule has 0 saturated carbocycles. The van der Waals surface area contributed by atoms with Gasteiger partial charge >= 0.3 is 0 Å². The van der Waals surface area contributed by atoms with E-state index in [-0.39, 0.29) is 0 Å². The third kappa shape index (κ3) is 4.58. The minimum atomic E-state index is -2.03. The summed E-state index contributed by atoms with van der Waals surface area (Å²) in [5, 5.41) is 11.1. The van der Waals surface area contributed by atoms with E-state index in [1.165, 1.54) is 12.2 Å². The zero-order chi connectivity index (χ0) is 13.6. The summed E-state index contributed by atoms with van der Waals surface area (Å²) in [4.78, 5) is 11.6. The van der Waals surface area contributed by atoms with E-state index in [2.05, 4.69) is 5.32 Å². The van der Waals surface area contributed by atoms with E-state index in [9.17, 15) is 4.79 Å². The van der Waals surface area contributed by atoms with Crippen molar-refractivity contribution in [2.24, 2.45) is 0 Å². The molecule has 0 radical (unpaired) electrons. The van der Waals surface area contributed by atoms with E-state index < -0.39 is 15.7 Å². The van der Waals surface area contributed by atoms with Crippen LogP contribution < -0.4 is 5.32 Å². The molecule has 3 nitrogen and oxygen atoms in total. The van der Waals surface area contributed by atoms with Gasteiger partial charge in [-0.2, -0.15) is 5.26 Å². The number of carbonyl (C=O) groups excluding carboxylic acids is 1. The lowest BCUT2D eigenvalue weighted by molar-refractivity contribution is -0.120. The van der Waals surface area contributed by atoms with Crippen molar-refractivity contribution in [3.05, 3.63) is 48.0 Å². The lowest BCUT2D eigenvalue weighted by Crippen LogP contribution is -2.36. The number of amides is 1. The zero-order valence-electron chi connectivity index (χ0n) is 9.11. The van der Waals surface area contributed by atoms with Crippen LogP contribution in [0.3, 0.4) is 0 Å². The predicted molar refractivity (Wildman–Crippen MR) is 72.4 cm³/mol. The van der Waals surface area contributed by atoms with Crippen molar-refractivity contribution >= 4 is 40.7 Å². The Kier molecular flexibility index (Phi) is 5.49. The summed E-state index contributed by atoms with van der Waals surface area (Å²) in [6, 6.07) is 10.4. The second kappa shape index (κ2) is 6.65. The molecule has 0 aliphatic heterocycles. The van der Waals surface area contributed by atoms with Gasteiger partial charge in [0, 0.05) is 6.08 Å². The van der Waals surface area contributed by atoms with Crippen molar-refractivity contribution in [2.45, 2.75) is 9.83 Å². The Morgan fingerprint density at radius 3 is 2.44 bits per heavy atom. The first-order chi connectivity index (χ1) is 8.45. The van der Waals surface area contributed by atoms with Gasteiger partial charge in [0.1, 0.15) is 0 Å². The van der Waals surface area contributed by atoms with E-state index in [0.29, 0.717) is 0 Å². The normalized spacial score (nSPS) is 13.0. The first-order valence-corrected chi connectivity index (χ1v) is 6.07. The molecule has 1 N–H and O–H groups in total. The van der Waals surface area contributed by atoms with Crippen molar-refractivity contribution in [2.75, 3.05) is 0 Å². The van der Waals surface area contributed by atoms with E-state index in [4.69, 9.17) is 40.1 Å². The van der Waals surface area contributed by atoms with E-state index in [0.717, 1.165) is 5.56 Å². The number of allylic oxidation sites excluding steroid dienone is 1. The van der Waals surface area contributed by atoms with Gasteiger partial charge in [-0.05, 0) is 11.6 Å². The molecule has 0 saturated heterocycles. The maximum absolute atomic E-state index is 11.6. The molecular weight excluding hydrogens is 295 g/mol. The van der Waals surface area contributed by atoms with Crippen LogP contribution in [0.2, 0.25) is 0 Å². The number of alkyl halides is 3. The summed E-state index contributed by atoms with van der Waals surface area (Å²) in [7, 11) is 0. The number of benzene rings is 1. The monoisotopic (exact) mass is 302 g/mol. The highest BCUT2D eigenvalue weighted by Gasteiger charge is 2.31. The Balaban J connectivity index is 2.91. The summed E-state index contributed by atoms with van der Waals surface area (Å²) < 4.78 is -2.03. The molecule has 1 atom stereocenters. The Morgan fingerprint density at radius 2 is 1.94 bits per heavy atom. The second-order valence-electron chi connectivity index (χ2n) is 3.35. The molecular formula is C12H9Cl3N2O. The molecule has 6 heteroatoms. The van der Waals surface area contributed by atoms with Gasteiger partial charge in [-0.1, -0.05) is 65.1 Å². The Bertz CT molecular complexity index is 474. The lowest BCUT2D eigenvalue weighted by Gasteiger charge is -2.18. The van der Waals surface area contributed by atoms with E-state index in [1.54, 1.807) is 12.1 Å². The molecule has 1 aromatic carbocycles. The van der Waals surface area contributed by atoms with Crippen LogP contribution in [0.4, 0.5) is 0 Å². The molecule has 0 heterocycles. The second-order valence-corrected chi connectivity index (χ2v) is 5.63. The molecule has 0 unspecified atom stereocenters. The van der Waals surface area contributed by atoms with Crippen LogP contribution in [0.25, 0.3) is 0 Å². The van der Waals surface area contributed by atoms with Crippen LogP contribution in [-0.2, 0) is 4.79 Å². The van der Waals surface area contributed by atoms with Crippen LogP contribution in [0.15, 0.2) is 42.5 Å². The molecule has 18 heavy (non-hydrogen) atoms. The average molecular weight is 304 g/mol. The SMILES string of the molecule is N#C/C=C/[C@@H](NC(=O)C(Cl)(Cl)Cl)c1ccccc1. The molecule has 0 bridgehead atoms. The highest BCUT2D eigenvalue weighted by atomic mass is 35.6. The molecule has 1 aromatic rings. The molecule has 0 aromatic heterocycles. The molecule has 94 valence electrons. The van der Waals surface area contributed by atoms with Crippen LogP contribution in [-0.4, -0.2) is 9.70 Å². The molecule has 0 fully saturated rings. The fourth-order valence-corrected chi connectivity index (χ4v) is 1.43. The van der Waals surface area contributed by atoms with Gasteiger partial charge in [0.2, 0.25) is 0 Å². The first-order valence-electron chi connectivity index (χ1n) is 4.94. The highest BCUT2D eigenvalue weighted by molar-refractivity contribution is 6.76. The maximum atomic E-state index is 11.6. The van der Waals surface area contributed by atoms with Crippen LogP contribution in [0.1, 0.15) is 11.6 Å². The van der Waals surface area contributed by atoms with Crippen molar-refractivity contribution in [3.63, 3.8) is 0 Å². The van der Waals surface area contributed by atoms with Crippen molar-refractivity contribution in [1.29, 1.82) is 5.26 Å². The number of rotatable bonds is 3. The number of nitrogens with zero attached hydrogens (tertiary/aromatic N) is 1. The van der Waals surface area contributed by atoms with Crippen molar-refractivity contribution < 1.29 is 4.79 Å². The Hall–Kier alpha value is -1.21. The van der Waals surface area contributed by atoms with Gasteiger partial charge in [0.25, 0.3) is 9.70 Å². The summed E-state index contributed by atoms with van der Waals surface area (Å²) in [5.41, 5.74) is 0.784. The van der Waals surface area contributed by atoms with Gasteiger partial charge in [0.15, 0.2) is 0 Å². The number of carbonyl (C=O) groups is 1. The predicted octanol–water partition coefficient (Wildman–Crippen LogP) is 3.29. The summed E-state index contributed by atoms with van der Waals surface area (Å²) >= 11 is 16.4. The number of halogens is 3. The standard InChI is InChI=1S/C12H9Cl3N2O/c13-12(14,15)11(18)17-10(7-4-8-16)9-5-2-1-3-6-9/h1-7,10H,(H,17,18)/b7-4+/t10-/m1/s1. The fourth-order valence-electron chi connectivity index (χ4n) is 1.27. The largest absolute Gasteiger partial charge is 0.342 e. The number of nitrogens with one attached hydrogen (secondary N) is 1. The first kappa shape index (κ1) is 14.8. The van der Waals surface area contributed by atoms with Gasteiger partial charge in [0.05, 0.1) is 12.1 Å². The molecule has 1 rings (SSSR count). The summed E-state index contributed by atoms with van der Waals surface area (Å²) in [5.74, 6) is -0.746. The molecule has 1 amide bonds. The van der Waals surface area contributed by atoms with Gasteiger partial charge in [-0.25, -0.2) is 0 Å². The number of hydrogen-bond acceptors (Lipinski definition) is 2. The van der Waals surface area contributed by atoms with Crippen LogP contribution in [0, 0.1) is 11.3 Å². The summed E-state index contributed by atoms with van der Waals surface area (Å²) in [6.07, 6.45) is 2.78. The number of hydrogen-bond donors (Lipinski definition) is 1. The van der Waals surface area contributed by atoms with Crippen LogP contribution >= 0.6 is 34.8 Å². The number of nitriles is 1. The van der Waals surface area contributed by atoms with Crippen molar-refractivity contribution in [3.8, 4) is 6.07 Å². The minimum Gasteiger partial charge on any atom is -0.342 e. The van der Waals surface area contributed by atoms with Crippen molar-refractivity contribution in [1.82, 2.24) is 5.32 Å². The third-order valence-electron chi connectivity index (χ3n) is 2.07. The highest BCUT2D eigenvalue weighted by Crippen LogP contribution is 2.27. The Morgan fingerprint density at radius 1 is 1.33 bits per heavy atom. The summed E-state index contributed by atoms with van der Waals surface area (Å²) in [6.45, 7) is 0. The quantitative estimate of drug-likeness (QED) is 0.688. The zero-order valence-corrected chi connectivity index (χ0v) is 11.4. The maximum Gasteiger partial charge on any atom is 0.272 e. The molecule has 0 spiro atoms. The minimum absolute atomic E-state index is 0.519. The molecule has 0 aliphatic carbocycles. The smallest absolute Gasteiger partial charge is 0.272 e. The fraction of sp³-hybridized carbons (Fsp3) is 0.167. The van der Waals surface area contributed by atoms with Gasteiger partial charge in [-0.15, -0.1) is 0 Å². The van der Waals surface area contributed by atoms with E-state index >= 15 is 0 Å². The van der Waals surface area contributed by atoms with Crippen LogP contribution in [0.5, 0.6) is 0 Å². The third-order valence-corrected chi connectivity index (χ3v) is 2.58. The van der Waals surface area contributed by atoms with Gasteiger partial charge in [-0.3, -0.25) is 4.79 Å². The average Bonchev–Trinajstić information content (AvgIpc) is 2.34. The lowest BCUT2D eigenvalue weighted by atomic mass is 10.1. The van der Waals surface area contributed by atoms with Gasteiger partial charge < -0.3 is 5.32 Å². The molecule has 0 aliphatic rings. The topological polar surface area (TPSA) is 52.9 Å². The van der Waals surface area contributed by atoms with E-state index in [1.807, 2.05) is 24.3 Å². The Labute approximate surface area is 120 Å².